The van der Waals surface area contributed by atoms with Crippen molar-refractivity contribution in [1.29, 1.82) is 0 Å². The van der Waals surface area contributed by atoms with Gasteiger partial charge in [-0.25, -0.2) is 0 Å². The molecule has 84 valence electrons. The summed E-state index contributed by atoms with van der Waals surface area (Å²) >= 11 is 0. The number of carbonyl (C=O) groups excluding carboxylic acids is 2. The number of aldehydes is 1. The van der Waals surface area contributed by atoms with Gasteiger partial charge in [-0.1, -0.05) is 25.7 Å². The van der Waals surface area contributed by atoms with Crippen molar-refractivity contribution in [3.05, 3.63) is 0 Å². The van der Waals surface area contributed by atoms with E-state index in [0.29, 0.717) is 0 Å². The molecule has 0 N–H and O–H groups in total. The Morgan fingerprint density at radius 2 is 1.60 bits per heavy atom. The summed E-state index contributed by atoms with van der Waals surface area (Å²) in [5.41, 5.74) is -0.790. The van der Waals surface area contributed by atoms with Crippen molar-refractivity contribution in [2.45, 2.75) is 58.3 Å². The zero-order valence-corrected chi connectivity index (χ0v) is 9.55. The van der Waals surface area contributed by atoms with E-state index in [0.717, 1.165) is 38.4 Å². The van der Waals surface area contributed by atoms with Gasteiger partial charge in [0.1, 0.15) is 6.29 Å². The van der Waals surface area contributed by atoms with Crippen molar-refractivity contribution in [3.8, 4) is 0 Å². The highest BCUT2D eigenvalue weighted by atomic mass is 16.1. The van der Waals surface area contributed by atoms with E-state index in [1.807, 2.05) is 6.92 Å². The maximum absolute atomic E-state index is 12.4. The lowest BCUT2D eigenvalue weighted by Gasteiger charge is -2.44. The van der Waals surface area contributed by atoms with Crippen molar-refractivity contribution in [2.75, 3.05) is 0 Å². The van der Waals surface area contributed by atoms with Gasteiger partial charge in [-0.05, 0) is 32.6 Å². The Morgan fingerprint density at radius 3 is 2.20 bits per heavy atom. The molecule has 2 aliphatic rings. The topological polar surface area (TPSA) is 34.1 Å². The highest BCUT2D eigenvalue weighted by molar-refractivity contribution is 6.01. The van der Waals surface area contributed by atoms with Crippen LogP contribution in [0.5, 0.6) is 0 Å². The monoisotopic (exact) mass is 208 g/mol. The number of carbonyl (C=O) groups is 2. The second-order valence-corrected chi connectivity index (χ2v) is 5.56. The predicted octanol–water partition coefficient (Wildman–Crippen LogP) is 2.90. The van der Waals surface area contributed by atoms with Crippen molar-refractivity contribution in [2.24, 2.45) is 10.8 Å². The van der Waals surface area contributed by atoms with Crippen molar-refractivity contribution >= 4 is 12.1 Å². The third-order valence-electron chi connectivity index (χ3n) is 4.42. The van der Waals surface area contributed by atoms with Gasteiger partial charge in [0.25, 0.3) is 0 Å². The summed E-state index contributed by atoms with van der Waals surface area (Å²) in [6, 6.07) is 0. The summed E-state index contributed by atoms with van der Waals surface area (Å²) in [7, 11) is 0. The van der Waals surface area contributed by atoms with Crippen LogP contribution in [0.4, 0.5) is 0 Å². The van der Waals surface area contributed by atoms with E-state index >= 15 is 0 Å². The second kappa shape index (κ2) is 3.73. The van der Waals surface area contributed by atoms with E-state index in [2.05, 4.69) is 0 Å². The van der Waals surface area contributed by atoms with E-state index in [9.17, 15) is 9.59 Å². The zero-order valence-electron chi connectivity index (χ0n) is 9.55. The van der Waals surface area contributed by atoms with Gasteiger partial charge in [-0.2, -0.15) is 0 Å². The van der Waals surface area contributed by atoms with E-state index < -0.39 is 5.41 Å². The SMILES string of the molecule is C[C@]1(C=O)CCCC2(CCCCC2)C1=O. The molecule has 1 atom stereocenters. The third-order valence-corrected chi connectivity index (χ3v) is 4.42. The Morgan fingerprint density at radius 1 is 1.00 bits per heavy atom. The summed E-state index contributed by atoms with van der Waals surface area (Å²) < 4.78 is 0. The Kier molecular flexibility index (Phi) is 2.70. The lowest BCUT2D eigenvalue weighted by atomic mass is 9.57. The minimum Gasteiger partial charge on any atom is -0.302 e. The van der Waals surface area contributed by atoms with Crippen molar-refractivity contribution < 1.29 is 9.59 Å². The summed E-state index contributed by atoms with van der Waals surface area (Å²) in [6.45, 7) is 1.83. The molecule has 1 spiro atoms. The molecule has 0 saturated heterocycles. The highest BCUT2D eigenvalue weighted by Gasteiger charge is 2.50. The maximum atomic E-state index is 12.4. The molecule has 0 bridgehead atoms. The fourth-order valence-corrected chi connectivity index (χ4v) is 3.44. The van der Waals surface area contributed by atoms with Gasteiger partial charge in [-0.3, -0.25) is 4.79 Å². The van der Waals surface area contributed by atoms with Crippen LogP contribution in [-0.4, -0.2) is 12.1 Å². The Balaban J connectivity index is 2.25. The minimum atomic E-state index is -0.671. The number of rotatable bonds is 1. The molecular formula is C13H20O2. The molecule has 0 amide bonds. The normalized spacial score (nSPS) is 35.4. The van der Waals surface area contributed by atoms with Gasteiger partial charge in [0, 0.05) is 5.41 Å². The Labute approximate surface area is 91.4 Å². The van der Waals surface area contributed by atoms with Crippen LogP contribution >= 0.6 is 0 Å². The van der Waals surface area contributed by atoms with Crippen LogP contribution < -0.4 is 0 Å². The number of ketones is 1. The smallest absolute Gasteiger partial charge is 0.151 e. The molecule has 2 heteroatoms. The van der Waals surface area contributed by atoms with Crippen LogP contribution in [0, 0.1) is 10.8 Å². The van der Waals surface area contributed by atoms with Crippen LogP contribution in [0.25, 0.3) is 0 Å². The fraction of sp³-hybridized carbons (Fsp3) is 0.846. The molecule has 0 aromatic heterocycles. The van der Waals surface area contributed by atoms with Crippen LogP contribution in [0.15, 0.2) is 0 Å². The maximum Gasteiger partial charge on any atom is 0.151 e. The lowest BCUT2D eigenvalue weighted by Crippen LogP contribution is -2.47. The van der Waals surface area contributed by atoms with E-state index in [4.69, 9.17) is 0 Å². The number of Topliss-reactive ketones (excluding diaryl/α,β-unsaturated/α-hetero) is 1. The van der Waals surface area contributed by atoms with Crippen LogP contribution in [-0.2, 0) is 9.59 Å². The average molecular weight is 208 g/mol. The summed E-state index contributed by atoms with van der Waals surface area (Å²) in [6.07, 6.45) is 9.36. The van der Waals surface area contributed by atoms with E-state index in [-0.39, 0.29) is 11.2 Å². The molecule has 0 unspecified atom stereocenters. The molecule has 0 radical (unpaired) electrons. The van der Waals surface area contributed by atoms with Gasteiger partial charge in [0.15, 0.2) is 5.78 Å². The zero-order chi connectivity index (χ0) is 10.9. The first-order chi connectivity index (χ1) is 7.13. The predicted molar refractivity (Wildman–Crippen MR) is 58.5 cm³/mol. The molecule has 2 fully saturated rings. The van der Waals surface area contributed by atoms with Crippen LogP contribution in [0.2, 0.25) is 0 Å². The van der Waals surface area contributed by atoms with Gasteiger partial charge in [0.2, 0.25) is 0 Å². The van der Waals surface area contributed by atoms with Crippen molar-refractivity contribution in [3.63, 3.8) is 0 Å². The molecule has 15 heavy (non-hydrogen) atoms. The minimum absolute atomic E-state index is 0.119. The quantitative estimate of drug-likeness (QED) is 0.490. The van der Waals surface area contributed by atoms with Crippen LogP contribution in [0.3, 0.4) is 0 Å². The first kappa shape index (κ1) is 10.8. The van der Waals surface area contributed by atoms with Gasteiger partial charge in [0.05, 0.1) is 5.41 Å². The van der Waals surface area contributed by atoms with Gasteiger partial charge >= 0.3 is 0 Å². The van der Waals surface area contributed by atoms with Gasteiger partial charge < -0.3 is 4.79 Å². The number of hydrogen-bond acceptors (Lipinski definition) is 2. The molecule has 0 aliphatic heterocycles. The molecule has 2 rings (SSSR count). The molecule has 0 heterocycles. The van der Waals surface area contributed by atoms with Crippen molar-refractivity contribution in [1.82, 2.24) is 0 Å². The largest absolute Gasteiger partial charge is 0.302 e. The third kappa shape index (κ3) is 1.64. The molecular weight excluding hydrogens is 188 g/mol. The molecule has 0 aromatic rings. The fourth-order valence-electron chi connectivity index (χ4n) is 3.44. The highest BCUT2D eigenvalue weighted by Crippen LogP contribution is 2.50. The summed E-state index contributed by atoms with van der Waals surface area (Å²) in [5.74, 6) is 0.246. The van der Waals surface area contributed by atoms with E-state index in [1.54, 1.807) is 0 Å². The van der Waals surface area contributed by atoms with E-state index in [1.165, 1.54) is 19.3 Å². The lowest BCUT2D eigenvalue weighted by molar-refractivity contribution is -0.148. The molecule has 2 aliphatic carbocycles. The summed E-state index contributed by atoms with van der Waals surface area (Å²) in [4.78, 5) is 23.5. The average Bonchev–Trinajstić information content (AvgIpc) is 2.27. The summed E-state index contributed by atoms with van der Waals surface area (Å²) in [5, 5.41) is 0. The molecule has 2 saturated carbocycles. The van der Waals surface area contributed by atoms with Gasteiger partial charge in [-0.15, -0.1) is 0 Å². The Bertz CT molecular complexity index is 271. The first-order valence-electron chi connectivity index (χ1n) is 6.14. The molecule has 2 nitrogen and oxygen atoms in total. The van der Waals surface area contributed by atoms with Crippen LogP contribution in [0.1, 0.15) is 58.3 Å². The number of hydrogen-bond donors (Lipinski definition) is 0. The Hall–Kier alpha value is -0.660. The second-order valence-electron chi connectivity index (χ2n) is 5.56. The molecule has 0 aromatic carbocycles. The standard InChI is InChI=1S/C13H20O2/c1-12(10-14)6-5-9-13(11(12)15)7-3-2-4-8-13/h10H,2-9H2,1H3/t12-/m1/s1. The first-order valence-corrected chi connectivity index (χ1v) is 6.14.